The van der Waals surface area contributed by atoms with Gasteiger partial charge in [-0.05, 0) is 47.0 Å². The van der Waals surface area contributed by atoms with Crippen LogP contribution in [0.2, 0.25) is 0 Å². The van der Waals surface area contributed by atoms with E-state index in [1.807, 2.05) is 6.07 Å². The quantitative estimate of drug-likeness (QED) is 0.563. The highest BCUT2D eigenvalue weighted by atomic mass is 35.7. The van der Waals surface area contributed by atoms with Gasteiger partial charge in [0.2, 0.25) is 0 Å². The molecule has 7 heteroatoms. The number of halogens is 1. The van der Waals surface area contributed by atoms with E-state index in [2.05, 4.69) is 18.4 Å². The van der Waals surface area contributed by atoms with Crippen LogP contribution in [0.3, 0.4) is 0 Å². The van der Waals surface area contributed by atoms with Crippen LogP contribution in [0.25, 0.3) is 0 Å². The monoisotopic (exact) mass is 374 g/mol. The van der Waals surface area contributed by atoms with Crippen LogP contribution in [-0.2, 0) is 22.7 Å². The second kappa shape index (κ2) is 6.67. The Bertz CT molecular complexity index is 599. The van der Waals surface area contributed by atoms with Crippen molar-refractivity contribution in [3.05, 3.63) is 29.3 Å². The van der Waals surface area contributed by atoms with Crippen molar-refractivity contribution in [3.63, 3.8) is 0 Å². The van der Waals surface area contributed by atoms with Gasteiger partial charge in [-0.3, -0.25) is 0 Å². The Morgan fingerprint density at radius 2 is 1.88 bits per heavy atom. The summed E-state index contributed by atoms with van der Waals surface area (Å²) in [7, 11) is -4.34. The number of benzene rings is 1. The van der Waals surface area contributed by atoms with Gasteiger partial charge in [0.05, 0.1) is 6.26 Å². The number of hydrogen-bond donors (Lipinski definition) is 1. The zero-order valence-corrected chi connectivity index (χ0v) is 15.3. The summed E-state index contributed by atoms with van der Waals surface area (Å²) < 4.78 is 34.0. The number of aromatic hydroxyl groups is 1. The summed E-state index contributed by atoms with van der Waals surface area (Å²) in [6, 6.07) is 6.19. The van der Waals surface area contributed by atoms with Crippen molar-refractivity contribution in [3.8, 4) is 5.75 Å². The van der Waals surface area contributed by atoms with E-state index in [-0.39, 0.29) is 0 Å². The smallest absolute Gasteiger partial charge is 0.125 e. The second-order valence-electron chi connectivity index (χ2n) is 7.12. The van der Waals surface area contributed by atoms with E-state index in [0.717, 1.165) is 11.2 Å². The van der Waals surface area contributed by atoms with E-state index in [1.165, 1.54) is 49.8 Å². The first-order valence-electron chi connectivity index (χ1n) is 8.26. The summed E-state index contributed by atoms with van der Waals surface area (Å²) in [5, 5.41) is 10.8. The van der Waals surface area contributed by atoms with E-state index in [4.69, 9.17) is 18.6 Å². The Balaban J connectivity index is 0.000000300. The molecule has 5 nitrogen and oxygen atoms in total. The molecule has 1 saturated heterocycles. The van der Waals surface area contributed by atoms with Gasteiger partial charge in [-0.25, -0.2) is 18.6 Å². The first-order valence-corrected chi connectivity index (χ1v) is 11.4. The van der Waals surface area contributed by atoms with Crippen LogP contribution in [0.15, 0.2) is 18.2 Å². The topological polar surface area (TPSA) is 112 Å². The maximum absolute atomic E-state index is 9.93. The predicted octanol–water partition coefficient (Wildman–Crippen LogP) is -1.36. The summed E-state index contributed by atoms with van der Waals surface area (Å²) in [4.78, 5) is 0. The van der Waals surface area contributed by atoms with Gasteiger partial charge in [-0.2, -0.15) is 0 Å². The van der Waals surface area contributed by atoms with Crippen molar-refractivity contribution in [2.24, 2.45) is 5.92 Å². The molecule has 1 heterocycles. The number of rotatable bonds is 0. The first-order chi connectivity index (χ1) is 11.2. The standard InChI is InChI=1S/C17H22OS.ClHO4/c1-19-9-8-17-7-3-2-4-14(17)16(19)10-12-5-6-13(18)11-15(12)17;2-1(3,4)5/h5-6,11,14,16H,2-4,7-10H2,1H3;(H,2,3,4,5)/t14-,16+,17+,19?;/m0./s1. The Labute approximate surface area is 147 Å². The van der Waals surface area contributed by atoms with Gasteiger partial charge in [-0.1, -0.05) is 18.9 Å². The average molecular weight is 375 g/mol. The molecule has 2 fully saturated rings. The van der Waals surface area contributed by atoms with Crippen LogP contribution in [-0.4, -0.2) is 22.4 Å². The SMILES string of the molecule is C[S+]1CC[C@]23CCCC[C@H]2[C@H]1Cc1ccc(O)cc13.[O-][Cl+3]([O-])([O-])[O-]. The Kier molecular flexibility index (Phi) is 5.08. The van der Waals surface area contributed by atoms with Gasteiger partial charge in [0.1, 0.15) is 16.8 Å². The number of hydrogen-bond acceptors (Lipinski definition) is 5. The molecule has 0 amide bonds. The van der Waals surface area contributed by atoms with Crippen LogP contribution < -0.4 is 18.6 Å². The minimum absolute atomic E-state index is 0.425. The van der Waals surface area contributed by atoms with Crippen LogP contribution in [0.1, 0.15) is 43.2 Å². The molecule has 3 aliphatic rings. The van der Waals surface area contributed by atoms with Crippen LogP contribution >= 0.6 is 0 Å². The van der Waals surface area contributed by atoms with Crippen molar-refractivity contribution < 1.29 is 34.0 Å². The molecule has 2 bridgehead atoms. The molecule has 0 spiro atoms. The zero-order valence-electron chi connectivity index (χ0n) is 13.7. The molecular formula is C17H23ClO5S. The molecule has 4 atom stereocenters. The van der Waals surface area contributed by atoms with Crippen LogP contribution in [0, 0.1) is 16.2 Å². The maximum Gasteiger partial charge on any atom is 0.125 e. The number of phenolic OH excluding ortho intramolecular Hbond substituents is 1. The van der Waals surface area contributed by atoms with E-state index in [9.17, 15) is 5.11 Å². The van der Waals surface area contributed by atoms with Gasteiger partial charge in [0.15, 0.2) is 0 Å². The van der Waals surface area contributed by atoms with Crippen molar-refractivity contribution >= 4 is 10.9 Å². The van der Waals surface area contributed by atoms with Crippen molar-refractivity contribution in [2.45, 2.75) is 49.2 Å². The third kappa shape index (κ3) is 3.54. The molecule has 1 unspecified atom stereocenters. The molecule has 1 aliphatic heterocycles. The van der Waals surface area contributed by atoms with Gasteiger partial charge >= 0.3 is 0 Å². The molecular weight excluding hydrogens is 352 g/mol. The van der Waals surface area contributed by atoms with E-state index >= 15 is 0 Å². The minimum atomic E-state index is -4.94. The average Bonchev–Trinajstić information content (AvgIpc) is 2.50. The van der Waals surface area contributed by atoms with E-state index in [0.29, 0.717) is 22.1 Å². The Morgan fingerprint density at radius 3 is 2.58 bits per heavy atom. The van der Waals surface area contributed by atoms with Gasteiger partial charge in [-0.15, -0.1) is 10.2 Å². The fourth-order valence-electron chi connectivity index (χ4n) is 5.07. The summed E-state index contributed by atoms with van der Waals surface area (Å²) >= 11 is 0. The lowest BCUT2D eigenvalue weighted by atomic mass is 9.55. The van der Waals surface area contributed by atoms with E-state index in [1.54, 1.807) is 5.56 Å². The highest BCUT2D eigenvalue weighted by Gasteiger charge is 2.57. The second-order valence-corrected chi connectivity index (χ2v) is 10.3. The van der Waals surface area contributed by atoms with Crippen molar-refractivity contribution in [1.82, 2.24) is 0 Å². The van der Waals surface area contributed by atoms with Gasteiger partial charge in [0, 0.05) is 24.2 Å². The largest absolute Gasteiger partial charge is 0.508 e. The third-order valence-electron chi connectivity index (χ3n) is 5.98. The lowest BCUT2D eigenvalue weighted by Crippen LogP contribution is -2.68. The van der Waals surface area contributed by atoms with Crippen LogP contribution in [0.5, 0.6) is 5.75 Å². The lowest BCUT2D eigenvalue weighted by molar-refractivity contribution is -2.00. The first kappa shape index (κ1) is 18.3. The van der Waals surface area contributed by atoms with Gasteiger partial charge in [0.25, 0.3) is 0 Å². The molecule has 134 valence electrons. The zero-order chi connectivity index (χ0) is 17.5. The fourth-order valence-corrected chi connectivity index (χ4v) is 7.48. The summed E-state index contributed by atoms with van der Waals surface area (Å²) in [6.45, 7) is 0. The van der Waals surface area contributed by atoms with Crippen molar-refractivity contribution in [1.29, 1.82) is 0 Å². The molecule has 1 aromatic rings. The Hall–Kier alpha value is -0.500. The molecule has 1 N–H and O–H groups in total. The minimum Gasteiger partial charge on any atom is -0.508 e. The summed E-state index contributed by atoms with van der Waals surface area (Å²) in [5.74, 6) is 2.78. The molecule has 4 rings (SSSR count). The molecule has 1 saturated carbocycles. The lowest BCUT2D eigenvalue weighted by Gasteiger charge is -2.53. The molecule has 24 heavy (non-hydrogen) atoms. The summed E-state index contributed by atoms with van der Waals surface area (Å²) in [6.07, 6.45) is 10.7. The normalized spacial score (nSPS) is 34.5. The predicted molar refractivity (Wildman–Crippen MR) is 82.0 cm³/mol. The number of phenols is 1. The molecule has 2 aliphatic carbocycles. The summed E-state index contributed by atoms with van der Waals surface area (Å²) in [5.41, 5.74) is 3.49. The van der Waals surface area contributed by atoms with Crippen molar-refractivity contribution in [2.75, 3.05) is 12.0 Å². The highest BCUT2D eigenvalue weighted by Crippen LogP contribution is 2.56. The molecule has 0 aromatic heterocycles. The number of fused-ring (bicyclic) bond motifs is 1. The van der Waals surface area contributed by atoms with Gasteiger partial charge < -0.3 is 5.11 Å². The molecule has 1 aromatic carbocycles. The third-order valence-corrected chi connectivity index (χ3v) is 8.36. The fraction of sp³-hybridized carbons (Fsp3) is 0.647. The highest BCUT2D eigenvalue weighted by molar-refractivity contribution is 7.96. The molecule has 0 radical (unpaired) electrons. The van der Waals surface area contributed by atoms with Crippen LogP contribution in [0.4, 0.5) is 0 Å². The maximum atomic E-state index is 9.93. The Morgan fingerprint density at radius 1 is 1.17 bits per heavy atom. The van der Waals surface area contributed by atoms with E-state index < -0.39 is 10.2 Å².